The summed E-state index contributed by atoms with van der Waals surface area (Å²) < 4.78 is 4.49. The molecule has 0 amide bonds. The number of rotatable bonds is 2. The van der Waals surface area contributed by atoms with Gasteiger partial charge >= 0.3 is 29.6 Å². The first-order valence-electron chi connectivity index (χ1n) is 1.92. The standard InChI is InChI=1S/C4H9O2.Na/c1-4(5)3-6-2;/h4H,3H2,1-2H3;/q-1;+1. The smallest absolute Gasteiger partial charge is 0.851 e. The van der Waals surface area contributed by atoms with E-state index in [1.54, 1.807) is 6.92 Å². The molecule has 0 rings (SSSR count). The van der Waals surface area contributed by atoms with E-state index in [4.69, 9.17) is 0 Å². The van der Waals surface area contributed by atoms with Crippen LogP contribution in [0.2, 0.25) is 0 Å². The van der Waals surface area contributed by atoms with Crippen LogP contribution in [0, 0.1) is 0 Å². The van der Waals surface area contributed by atoms with Gasteiger partial charge in [0.2, 0.25) is 0 Å². The zero-order chi connectivity index (χ0) is 4.99. The Bertz CT molecular complexity index is 30.9. The quantitative estimate of drug-likeness (QED) is 0.345. The predicted octanol–water partition coefficient (Wildman–Crippen LogP) is -3.61. The van der Waals surface area contributed by atoms with Crippen molar-refractivity contribution < 1.29 is 39.4 Å². The van der Waals surface area contributed by atoms with Crippen LogP contribution in [0.5, 0.6) is 0 Å². The second-order valence-corrected chi connectivity index (χ2v) is 1.27. The fourth-order valence-electron chi connectivity index (χ4n) is 0.235. The molecular weight excluding hydrogens is 103 g/mol. The third-order valence-electron chi connectivity index (χ3n) is 0.401. The molecule has 0 aliphatic heterocycles. The van der Waals surface area contributed by atoms with Gasteiger partial charge in [-0.1, -0.05) is 6.92 Å². The van der Waals surface area contributed by atoms with Crippen molar-refractivity contribution in [2.24, 2.45) is 0 Å². The second kappa shape index (κ2) is 6.92. The Labute approximate surface area is 66.2 Å². The van der Waals surface area contributed by atoms with Crippen LogP contribution < -0.4 is 34.7 Å². The summed E-state index contributed by atoms with van der Waals surface area (Å²) in [4.78, 5) is 0. The first kappa shape index (κ1) is 10.8. The van der Waals surface area contributed by atoms with E-state index in [-0.39, 0.29) is 29.6 Å². The average Bonchev–Trinajstić information content (AvgIpc) is 1.35. The molecule has 0 aromatic heterocycles. The van der Waals surface area contributed by atoms with Crippen LogP contribution in [0.15, 0.2) is 0 Å². The fourth-order valence-corrected chi connectivity index (χ4v) is 0.235. The summed E-state index contributed by atoms with van der Waals surface area (Å²) in [6.45, 7) is 1.89. The number of hydrogen-bond donors (Lipinski definition) is 0. The van der Waals surface area contributed by atoms with Gasteiger partial charge < -0.3 is 9.84 Å². The van der Waals surface area contributed by atoms with Crippen LogP contribution in [-0.4, -0.2) is 19.8 Å². The van der Waals surface area contributed by atoms with Crippen molar-refractivity contribution in [3.05, 3.63) is 0 Å². The summed E-state index contributed by atoms with van der Waals surface area (Å²) in [5.41, 5.74) is 0. The Kier molecular flexibility index (Phi) is 10.7. The third-order valence-corrected chi connectivity index (χ3v) is 0.401. The molecule has 2 nitrogen and oxygen atoms in total. The van der Waals surface area contributed by atoms with Crippen molar-refractivity contribution >= 4 is 0 Å². The van der Waals surface area contributed by atoms with E-state index in [2.05, 4.69) is 4.74 Å². The molecule has 0 aromatic rings. The molecule has 1 unspecified atom stereocenters. The maximum absolute atomic E-state index is 10.0. The molecule has 0 saturated heterocycles. The third kappa shape index (κ3) is 10.9. The molecule has 1 atom stereocenters. The average molecular weight is 112 g/mol. The molecule has 38 valence electrons. The van der Waals surface area contributed by atoms with Gasteiger partial charge in [0.1, 0.15) is 0 Å². The molecule has 3 heteroatoms. The summed E-state index contributed by atoms with van der Waals surface area (Å²) >= 11 is 0. The molecule has 0 aromatic carbocycles. The van der Waals surface area contributed by atoms with Crippen molar-refractivity contribution in [1.82, 2.24) is 0 Å². The molecule has 0 N–H and O–H groups in total. The minimum absolute atomic E-state index is 0. The Morgan fingerprint density at radius 2 is 2.14 bits per heavy atom. The van der Waals surface area contributed by atoms with Crippen LogP contribution in [0.3, 0.4) is 0 Å². The molecule has 0 spiro atoms. The van der Waals surface area contributed by atoms with Crippen molar-refractivity contribution in [3.8, 4) is 0 Å². The Balaban J connectivity index is 0. The van der Waals surface area contributed by atoms with Crippen molar-refractivity contribution in [1.29, 1.82) is 0 Å². The Morgan fingerprint density at radius 3 is 2.14 bits per heavy atom. The fraction of sp³-hybridized carbons (Fsp3) is 1.00. The maximum atomic E-state index is 10.0. The first-order valence-corrected chi connectivity index (χ1v) is 1.92. The van der Waals surface area contributed by atoms with Crippen molar-refractivity contribution in [2.45, 2.75) is 13.0 Å². The van der Waals surface area contributed by atoms with E-state index < -0.39 is 6.10 Å². The van der Waals surface area contributed by atoms with Crippen LogP contribution >= 0.6 is 0 Å². The van der Waals surface area contributed by atoms with Gasteiger partial charge in [0.05, 0.1) is 0 Å². The summed E-state index contributed by atoms with van der Waals surface area (Å²) in [6, 6.07) is 0. The second-order valence-electron chi connectivity index (χ2n) is 1.27. The van der Waals surface area contributed by atoms with Crippen molar-refractivity contribution in [2.75, 3.05) is 13.7 Å². The summed E-state index contributed by atoms with van der Waals surface area (Å²) in [5.74, 6) is 0. The van der Waals surface area contributed by atoms with E-state index in [0.717, 1.165) is 0 Å². The van der Waals surface area contributed by atoms with Crippen LogP contribution in [-0.2, 0) is 4.74 Å². The Morgan fingerprint density at radius 1 is 1.71 bits per heavy atom. The zero-order valence-corrected chi connectivity index (χ0v) is 7.10. The summed E-state index contributed by atoms with van der Waals surface area (Å²) in [5, 5.41) is 10.0. The van der Waals surface area contributed by atoms with Gasteiger partial charge in [0, 0.05) is 13.7 Å². The minimum atomic E-state index is -0.574. The SMILES string of the molecule is COCC(C)[O-].[Na+]. The van der Waals surface area contributed by atoms with E-state index >= 15 is 0 Å². The molecule has 0 fully saturated rings. The normalized spacial score (nSPS) is 12.4. The largest absolute Gasteiger partial charge is 1.00 e. The van der Waals surface area contributed by atoms with Crippen LogP contribution in [0.25, 0.3) is 0 Å². The van der Waals surface area contributed by atoms with Gasteiger partial charge in [0.25, 0.3) is 0 Å². The van der Waals surface area contributed by atoms with Gasteiger partial charge in [0.15, 0.2) is 0 Å². The monoisotopic (exact) mass is 112 g/mol. The number of methoxy groups -OCH3 is 1. The van der Waals surface area contributed by atoms with Gasteiger partial charge in [-0.2, -0.15) is 0 Å². The first-order chi connectivity index (χ1) is 2.77. The zero-order valence-electron chi connectivity index (χ0n) is 5.10. The molecule has 0 aliphatic rings. The van der Waals surface area contributed by atoms with Gasteiger partial charge in [-0.25, -0.2) is 0 Å². The molecule has 0 saturated carbocycles. The van der Waals surface area contributed by atoms with E-state index in [9.17, 15) is 5.11 Å². The molecule has 0 heterocycles. The van der Waals surface area contributed by atoms with Crippen molar-refractivity contribution in [3.63, 3.8) is 0 Å². The molecule has 0 aliphatic carbocycles. The van der Waals surface area contributed by atoms with Crippen LogP contribution in [0.1, 0.15) is 6.92 Å². The molecule has 0 radical (unpaired) electrons. The number of hydrogen-bond acceptors (Lipinski definition) is 2. The molecule has 0 bridgehead atoms. The predicted molar refractivity (Wildman–Crippen MR) is 21.3 cm³/mol. The Hall–Kier alpha value is 0.920. The van der Waals surface area contributed by atoms with Crippen LogP contribution in [0.4, 0.5) is 0 Å². The summed E-state index contributed by atoms with van der Waals surface area (Å²) in [6.07, 6.45) is -0.574. The van der Waals surface area contributed by atoms with E-state index in [1.807, 2.05) is 0 Å². The minimum Gasteiger partial charge on any atom is -0.851 e. The molecule has 7 heavy (non-hydrogen) atoms. The van der Waals surface area contributed by atoms with Gasteiger partial charge in [-0.3, -0.25) is 0 Å². The van der Waals surface area contributed by atoms with Gasteiger partial charge in [-0.15, -0.1) is 6.10 Å². The molecular formula is C4H9NaO2. The van der Waals surface area contributed by atoms with E-state index in [1.165, 1.54) is 7.11 Å². The van der Waals surface area contributed by atoms with Gasteiger partial charge in [-0.05, 0) is 0 Å². The van der Waals surface area contributed by atoms with E-state index in [0.29, 0.717) is 6.61 Å². The summed E-state index contributed by atoms with van der Waals surface area (Å²) in [7, 11) is 1.52. The topological polar surface area (TPSA) is 32.3 Å². The maximum Gasteiger partial charge on any atom is 1.00 e. The number of ether oxygens (including phenoxy) is 1.